The highest BCUT2D eigenvalue weighted by molar-refractivity contribution is 6.18. The maximum atomic E-state index is 13.5. The molecule has 0 saturated heterocycles. The summed E-state index contributed by atoms with van der Waals surface area (Å²) in [7, 11) is 0. The first kappa shape index (κ1) is 54.4. The minimum absolute atomic E-state index is 0.434. The van der Waals surface area contributed by atoms with E-state index in [-0.39, 0.29) is 0 Å². The quantitative estimate of drug-likeness (QED) is 0.159. The molecule has 464 valence electrons. The van der Waals surface area contributed by atoms with Crippen molar-refractivity contribution in [3.63, 3.8) is 0 Å². The van der Waals surface area contributed by atoms with Crippen LogP contribution in [0.3, 0.4) is 0 Å². The van der Waals surface area contributed by atoms with E-state index in [1.165, 1.54) is 21.5 Å². The molecule has 0 spiro atoms. The van der Waals surface area contributed by atoms with Gasteiger partial charge in [0.05, 0.1) is 123 Å². The molecular formula is C89H53N11. The van der Waals surface area contributed by atoms with E-state index in [9.17, 15) is 5.26 Å². The Balaban J connectivity index is 1.01. The predicted octanol–water partition coefficient (Wildman–Crippen LogP) is 22.0. The van der Waals surface area contributed by atoms with Crippen molar-refractivity contribution in [2.24, 2.45) is 4.99 Å². The normalized spacial score (nSPS) is 12.7. The van der Waals surface area contributed by atoms with E-state index >= 15 is 0 Å². The van der Waals surface area contributed by atoms with E-state index < -0.39 is 0 Å². The van der Waals surface area contributed by atoms with Crippen LogP contribution >= 0.6 is 0 Å². The van der Waals surface area contributed by atoms with Gasteiger partial charge in [-0.05, 0) is 121 Å². The van der Waals surface area contributed by atoms with Gasteiger partial charge in [-0.1, -0.05) is 170 Å². The molecule has 0 bridgehead atoms. The summed E-state index contributed by atoms with van der Waals surface area (Å²) in [5.41, 5.74) is 22.3. The SMILES string of the molecule is N#Cc1c(-n2c3ccccc3c3ncccc32)c(-n2c3ccccc3c3cc(-n4c5ccccc5c5ccccc54)ccc32)c(-n2c3c(c4ccccc42)N=CCC=C3)c(-n2c3ccccc3c3cc(-n4c5ccccc5c5ccccc54)ccc32)c1-n1c2ccccc2c2ncccc21. The third-order valence-electron chi connectivity index (χ3n) is 21.1. The molecule has 10 heterocycles. The lowest BCUT2D eigenvalue weighted by Gasteiger charge is -2.30. The highest BCUT2D eigenvalue weighted by Gasteiger charge is 2.37. The molecule has 0 saturated carbocycles. The van der Waals surface area contributed by atoms with E-state index in [4.69, 9.17) is 15.0 Å². The highest BCUT2D eigenvalue weighted by atomic mass is 15.2. The minimum atomic E-state index is 0.434. The third-order valence-corrected chi connectivity index (χ3v) is 21.1. The van der Waals surface area contributed by atoms with E-state index in [1.807, 2.05) is 30.7 Å². The Morgan fingerprint density at radius 1 is 0.280 bits per heavy atom. The molecule has 0 radical (unpaired) electrons. The van der Waals surface area contributed by atoms with Gasteiger partial charge in [-0.15, -0.1) is 0 Å². The van der Waals surface area contributed by atoms with Crippen LogP contribution in [0.5, 0.6) is 0 Å². The molecule has 12 aromatic carbocycles. The number of hydrogen-bond acceptors (Lipinski definition) is 4. The first-order valence-electron chi connectivity index (χ1n) is 33.9. The highest BCUT2D eigenvalue weighted by Crippen LogP contribution is 2.53. The smallest absolute Gasteiger partial charge is 0.105 e. The number of allylic oxidation sites excluding steroid dienone is 1. The summed E-state index contributed by atoms with van der Waals surface area (Å²) in [6.07, 6.45) is 10.9. The van der Waals surface area contributed by atoms with Crippen LogP contribution in [0.2, 0.25) is 0 Å². The molecule has 0 N–H and O–H groups in total. The number of pyridine rings is 2. The number of fused-ring (bicyclic) bond motifs is 21. The molecule has 11 nitrogen and oxygen atoms in total. The van der Waals surface area contributed by atoms with Crippen molar-refractivity contribution in [1.82, 2.24) is 41.9 Å². The zero-order valence-electron chi connectivity index (χ0n) is 53.6. The van der Waals surface area contributed by atoms with Crippen LogP contribution in [0, 0.1) is 11.3 Å². The van der Waals surface area contributed by atoms with Gasteiger partial charge in [-0.2, -0.15) is 5.26 Å². The molecule has 1 aliphatic heterocycles. The first-order chi connectivity index (χ1) is 49.7. The van der Waals surface area contributed by atoms with Crippen LogP contribution in [0.4, 0.5) is 5.69 Å². The van der Waals surface area contributed by atoms with Gasteiger partial charge in [0, 0.05) is 95.7 Å². The second-order valence-corrected chi connectivity index (χ2v) is 26.1. The molecule has 100 heavy (non-hydrogen) atoms. The Morgan fingerprint density at radius 2 is 0.590 bits per heavy atom. The first-order valence-corrected chi connectivity index (χ1v) is 33.9. The second kappa shape index (κ2) is 20.6. The van der Waals surface area contributed by atoms with Gasteiger partial charge in [-0.25, -0.2) is 0 Å². The zero-order chi connectivity index (χ0) is 65.4. The van der Waals surface area contributed by atoms with Crippen LogP contribution in [0.1, 0.15) is 17.7 Å². The number of nitrogens with zero attached hydrogens (tertiary/aromatic N) is 11. The topological polar surface area (TPSA) is 96.4 Å². The van der Waals surface area contributed by atoms with Gasteiger partial charge in [0.2, 0.25) is 0 Å². The lowest BCUT2D eigenvalue weighted by molar-refractivity contribution is 0.975. The largest absolute Gasteiger partial charge is 0.309 e. The Morgan fingerprint density at radius 3 is 1.00 bits per heavy atom. The van der Waals surface area contributed by atoms with Gasteiger partial charge in [0.1, 0.15) is 11.6 Å². The number of aromatic nitrogens is 9. The summed E-state index contributed by atoms with van der Waals surface area (Å²) < 4.78 is 16.9. The summed E-state index contributed by atoms with van der Waals surface area (Å²) in [5.74, 6) is 0. The summed E-state index contributed by atoms with van der Waals surface area (Å²) in [4.78, 5) is 15.9. The molecule has 0 aliphatic carbocycles. The van der Waals surface area contributed by atoms with Crippen molar-refractivity contribution < 1.29 is 0 Å². The van der Waals surface area contributed by atoms with E-state index in [2.05, 4.69) is 317 Å². The molecule has 21 aromatic rings. The number of hydrogen-bond donors (Lipinski definition) is 0. The van der Waals surface area contributed by atoms with E-state index in [0.717, 1.165) is 160 Å². The van der Waals surface area contributed by atoms with Crippen molar-refractivity contribution in [3.05, 3.63) is 309 Å². The zero-order valence-corrected chi connectivity index (χ0v) is 53.6. The van der Waals surface area contributed by atoms with E-state index in [0.29, 0.717) is 23.4 Å². The lowest BCUT2D eigenvalue weighted by Crippen LogP contribution is -2.19. The maximum Gasteiger partial charge on any atom is 0.105 e. The third kappa shape index (κ3) is 7.26. The fourth-order valence-electron chi connectivity index (χ4n) is 17.2. The van der Waals surface area contributed by atoms with Crippen molar-refractivity contribution in [2.45, 2.75) is 6.42 Å². The molecule has 22 rings (SSSR count). The fourth-order valence-corrected chi connectivity index (χ4v) is 17.2. The summed E-state index contributed by atoms with van der Waals surface area (Å²) >= 11 is 0. The number of benzene rings is 12. The van der Waals surface area contributed by atoms with Crippen LogP contribution < -0.4 is 0 Å². The van der Waals surface area contributed by atoms with Crippen molar-refractivity contribution >= 4 is 160 Å². The second-order valence-electron chi connectivity index (χ2n) is 26.1. The van der Waals surface area contributed by atoms with Gasteiger partial charge >= 0.3 is 0 Å². The van der Waals surface area contributed by atoms with Gasteiger partial charge in [0.15, 0.2) is 0 Å². The molecule has 9 aromatic heterocycles. The molecule has 11 heteroatoms. The number of rotatable bonds is 7. The van der Waals surface area contributed by atoms with Crippen LogP contribution in [-0.2, 0) is 0 Å². The van der Waals surface area contributed by atoms with Crippen LogP contribution in [0.15, 0.2) is 303 Å². The van der Waals surface area contributed by atoms with Crippen LogP contribution in [-0.4, -0.2) is 48.2 Å². The van der Waals surface area contributed by atoms with Crippen molar-refractivity contribution in [1.29, 1.82) is 5.26 Å². The summed E-state index contributed by atoms with van der Waals surface area (Å²) in [5, 5.41) is 25.3. The summed E-state index contributed by atoms with van der Waals surface area (Å²) in [6.45, 7) is 0. The fraction of sp³-hybridized carbons (Fsp3) is 0.0112. The molecule has 0 unspecified atom stereocenters. The number of nitriles is 1. The minimum Gasteiger partial charge on any atom is -0.309 e. The number of aliphatic imine (C=N–C) groups is 1. The average molecular weight is 1280 g/mol. The monoisotopic (exact) mass is 1280 g/mol. The van der Waals surface area contributed by atoms with Gasteiger partial charge < -0.3 is 32.0 Å². The number of para-hydroxylation sites is 9. The van der Waals surface area contributed by atoms with E-state index in [1.54, 1.807) is 0 Å². The van der Waals surface area contributed by atoms with Gasteiger partial charge in [-0.3, -0.25) is 15.0 Å². The predicted molar refractivity (Wildman–Crippen MR) is 411 cm³/mol. The maximum absolute atomic E-state index is 13.5. The molecule has 0 amide bonds. The molecular weight excluding hydrogens is 1220 g/mol. The Kier molecular flexibility index (Phi) is 11.2. The van der Waals surface area contributed by atoms with Gasteiger partial charge in [0.25, 0.3) is 0 Å². The summed E-state index contributed by atoms with van der Waals surface area (Å²) in [6, 6.07) is 104. The lowest BCUT2D eigenvalue weighted by atomic mass is 10.0. The Bertz CT molecular complexity index is 6700. The molecule has 1 aliphatic rings. The molecule has 0 fully saturated rings. The Hall–Kier alpha value is -13.8. The standard InChI is InChI=1S/C89H53N11/c90-53-67-85(98-74-38-16-7-29-62(74)83-80(98)42-21-49-92-83)87(96-72-36-14-5-27-60(72)65-51-54(44-46-77(65)96)94-68-32-10-1-23-56(68)57-24-2-11-33-69(57)94)89(100-76-40-18-9-31-64(76)82-79(100)41-19-20-48-91-82)88(86(67)99-75-39-17-8-30-63(75)84-81(99)43-22-50-93-84)97-73-37-15-6-28-61(73)66-52-55(45-47-78(66)97)95-70-34-12-3-25-58(70)59-26-4-13-35-71(59)95/h1-19,21-52H,20H2. The molecule has 0 atom stereocenters. The van der Waals surface area contributed by atoms with Crippen LogP contribution in [0.25, 0.3) is 188 Å². The average Bonchev–Trinajstić information content (AvgIpc) is 1.46. The van der Waals surface area contributed by atoms with Crippen molar-refractivity contribution in [3.8, 4) is 45.9 Å². The Labute approximate surface area is 569 Å². The van der Waals surface area contributed by atoms with Crippen molar-refractivity contribution in [2.75, 3.05) is 0 Å².